The molecular formula is C16H17ClN4O. The summed E-state index contributed by atoms with van der Waals surface area (Å²) in [6, 6.07) is 10.1. The molecule has 0 saturated heterocycles. The minimum absolute atomic E-state index is 0. The molecule has 4 rings (SSSR count). The summed E-state index contributed by atoms with van der Waals surface area (Å²) in [6.07, 6.45) is 4.45. The number of rotatable bonds is 5. The van der Waals surface area contributed by atoms with Crippen molar-refractivity contribution < 1.29 is 4.52 Å². The zero-order chi connectivity index (χ0) is 14.1. The van der Waals surface area contributed by atoms with Crippen LogP contribution in [0.15, 0.2) is 41.1 Å². The number of pyridine rings is 1. The van der Waals surface area contributed by atoms with Gasteiger partial charge in [-0.2, -0.15) is 4.98 Å². The molecule has 1 saturated carbocycles. The molecule has 22 heavy (non-hydrogen) atoms. The van der Waals surface area contributed by atoms with Gasteiger partial charge in [0.15, 0.2) is 0 Å². The number of nitrogens with zero attached hydrogens (tertiary/aromatic N) is 3. The third kappa shape index (κ3) is 3.10. The van der Waals surface area contributed by atoms with Crippen molar-refractivity contribution in [3.63, 3.8) is 0 Å². The predicted molar refractivity (Wildman–Crippen MR) is 86.7 cm³/mol. The Kier molecular flexibility index (Phi) is 4.36. The maximum absolute atomic E-state index is 5.31. The molecule has 2 heterocycles. The molecule has 1 aliphatic carbocycles. The van der Waals surface area contributed by atoms with Crippen molar-refractivity contribution in [1.29, 1.82) is 0 Å². The molecule has 0 aliphatic heterocycles. The van der Waals surface area contributed by atoms with E-state index in [2.05, 4.69) is 26.5 Å². The van der Waals surface area contributed by atoms with Crippen molar-refractivity contribution in [2.75, 3.05) is 6.54 Å². The van der Waals surface area contributed by atoms with Crippen LogP contribution >= 0.6 is 12.4 Å². The SMILES string of the molecule is Cl.c1ccc2c(-c3noc(CNCC4CC4)n3)nccc2c1. The van der Waals surface area contributed by atoms with Crippen molar-refractivity contribution in [2.45, 2.75) is 19.4 Å². The summed E-state index contributed by atoms with van der Waals surface area (Å²) in [6.45, 7) is 1.65. The Bertz CT molecular complexity index is 764. The molecule has 1 fully saturated rings. The van der Waals surface area contributed by atoms with Crippen LogP contribution in [0.4, 0.5) is 0 Å². The smallest absolute Gasteiger partial charge is 0.240 e. The van der Waals surface area contributed by atoms with Gasteiger partial charge in [0.25, 0.3) is 0 Å². The van der Waals surface area contributed by atoms with Crippen molar-refractivity contribution in [1.82, 2.24) is 20.4 Å². The van der Waals surface area contributed by atoms with Gasteiger partial charge in [0.2, 0.25) is 11.7 Å². The maximum atomic E-state index is 5.31. The van der Waals surface area contributed by atoms with E-state index >= 15 is 0 Å². The number of hydrogen-bond donors (Lipinski definition) is 1. The molecule has 5 nitrogen and oxygen atoms in total. The lowest BCUT2D eigenvalue weighted by molar-refractivity contribution is 0.367. The standard InChI is InChI=1S/C16H16N4O.ClH/c1-2-4-13-12(3-1)7-8-18-15(13)16-19-14(21-20-16)10-17-9-11-5-6-11;/h1-4,7-8,11,17H,5-6,9-10H2;1H. The Balaban J connectivity index is 0.00000144. The van der Waals surface area contributed by atoms with E-state index in [1.54, 1.807) is 6.20 Å². The zero-order valence-electron chi connectivity index (χ0n) is 12.0. The van der Waals surface area contributed by atoms with E-state index < -0.39 is 0 Å². The molecule has 0 radical (unpaired) electrons. The first-order valence-electron chi connectivity index (χ1n) is 7.27. The lowest BCUT2D eigenvalue weighted by Crippen LogP contribution is -2.16. The van der Waals surface area contributed by atoms with Crippen molar-refractivity contribution in [2.24, 2.45) is 5.92 Å². The highest BCUT2D eigenvalue weighted by Crippen LogP contribution is 2.27. The molecule has 6 heteroatoms. The van der Waals surface area contributed by atoms with Crippen LogP contribution in [0.25, 0.3) is 22.3 Å². The number of halogens is 1. The van der Waals surface area contributed by atoms with Gasteiger partial charge in [0, 0.05) is 11.6 Å². The molecule has 0 unspecified atom stereocenters. The van der Waals surface area contributed by atoms with Gasteiger partial charge < -0.3 is 9.84 Å². The third-order valence-electron chi connectivity index (χ3n) is 3.76. The van der Waals surface area contributed by atoms with E-state index in [0.29, 0.717) is 18.3 Å². The summed E-state index contributed by atoms with van der Waals surface area (Å²) in [5.74, 6) is 2.00. The topological polar surface area (TPSA) is 63.8 Å². The Morgan fingerprint density at radius 2 is 2.05 bits per heavy atom. The second-order valence-electron chi connectivity index (χ2n) is 5.47. The highest BCUT2D eigenvalue weighted by molar-refractivity contribution is 5.92. The van der Waals surface area contributed by atoms with Gasteiger partial charge in [-0.1, -0.05) is 29.4 Å². The molecule has 1 N–H and O–H groups in total. The minimum Gasteiger partial charge on any atom is -0.337 e. The van der Waals surface area contributed by atoms with Gasteiger partial charge in [-0.05, 0) is 36.8 Å². The van der Waals surface area contributed by atoms with E-state index in [-0.39, 0.29) is 12.4 Å². The van der Waals surface area contributed by atoms with Crippen LogP contribution in [0.5, 0.6) is 0 Å². The molecule has 2 aromatic heterocycles. The van der Waals surface area contributed by atoms with Crippen LogP contribution in [0.1, 0.15) is 18.7 Å². The molecule has 1 aromatic carbocycles. The van der Waals surface area contributed by atoms with E-state index in [9.17, 15) is 0 Å². The number of fused-ring (bicyclic) bond motifs is 1. The molecule has 0 spiro atoms. The lowest BCUT2D eigenvalue weighted by atomic mass is 10.1. The number of aromatic nitrogens is 3. The monoisotopic (exact) mass is 316 g/mol. The second kappa shape index (κ2) is 6.42. The van der Waals surface area contributed by atoms with E-state index in [4.69, 9.17) is 4.52 Å². The first kappa shape index (κ1) is 14.9. The average molecular weight is 317 g/mol. The molecule has 3 aromatic rings. The van der Waals surface area contributed by atoms with Gasteiger partial charge in [-0.15, -0.1) is 12.4 Å². The summed E-state index contributed by atoms with van der Waals surface area (Å²) in [5, 5.41) is 9.58. The van der Waals surface area contributed by atoms with Crippen LogP contribution in [-0.2, 0) is 6.54 Å². The first-order valence-corrected chi connectivity index (χ1v) is 7.27. The zero-order valence-corrected chi connectivity index (χ0v) is 12.8. The lowest BCUT2D eigenvalue weighted by Gasteiger charge is -2.00. The van der Waals surface area contributed by atoms with Crippen molar-refractivity contribution in [3.05, 3.63) is 42.4 Å². The molecular weight excluding hydrogens is 300 g/mol. The molecule has 0 amide bonds. The number of hydrogen-bond acceptors (Lipinski definition) is 5. The summed E-state index contributed by atoms with van der Waals surface area (Å²) < 4.78 is 5.31. The highest BCUT2D eigenvalue weighted by atomic mass is 35.5. The van der Waals surface area contributed by atoms with Crippen LogP contribution in [-0.4, -0.2) is 21.7 Å². The molecule has 114 valence electrons. The summed E-state index contributed by atoms with van der Waals surface area (Å²) in [7, 11) is 0. The van der Waals surface area contributed by atoms with Crippen LogP contribution < -0.4 is 5.32 Å². The first-order chi connectivity index (χ1) is 10.4. The van der Waals surface area contributed by atoms with Crippen LogP contribution in [0.2, 0.25) is 0 Å². The van der Waals surface area contributed by atoms with Crippen molar-refractivity contribution in [3.8, 4) is 11.5 Å². The van der Waals surface area contributed by atoms with Crippen LogP contribution in [0.3, 0.4) is 0 Å². The summed E-state index contributed by atoms with van der Waals surface area (Å²) in [4.78, 5) is 8.85. The molecule has 1 aliphatic rings. The Morgan fingerprint density at radius 3 is 2.91 bits per heavy atom. The van der Waals surface area contributed by atoms with Gasteiger partial charge in [0.1, 0.15) is 5.69 Å². The fourth-order valence-corrected chi connectivity index (χ4v) is 2.43. The maximum Gasteiger partial charge on any atom is 0.240 e. The third-order valence-corrected chi connectivity index (χ3v) is 3.76. The predicted octanol–water partition coefficient (Wildman–Crippen LogP) is 3.21. The fraction of sp³-hybridized carbons (Fsp3) is 0.312. The highest BCUT2D eigenvalue weighted by Gasteiger charge is 2.20. The summed E-state index contributed by atoms with van der Waals surface area (Å²) >= 11 is 0. The Labute approximate surface area is 134 Å². The Morgan fingerprint density at radius 1 is 1.18 bits per heavy atom. The second-order valence-corrected chi connectivity index (χ2v) is 5.47. The van der Waals surface area contributed by atoms with Gasteiger partial charge in [0.05, 0.1) is 6.54 Å². The molecule has 0 bridgehead atoms. The minimum atomic E-state index is 0. The largest absolute Gasteiger partial charge is 0.337 e. The van der Waals surface area contributed by atoms with E-state index in [1.165, 1.54) is 12.8 Å². The number of benzene rings is 1. The fourth-order valence-electron chi connectivity index (χ4n) is 2.43. The van der Waals surface area contributed by atoms with Crippen molar-refractivity contribution >= 4 is 23.2 Å². The van der Waals surface area contributed by atoms with Gasteiger partial charge >= 0.3 is 0 Å². The normalized spacial score (nSPS) is 14.0. The van der Waals surface area contributed by atoms with E-state index in [1.807, 2.05) is 24.3 Å². The van der Waals surface area contributed by atoms with Gasteiger partial charge in [-0.3, -0.25) is 4.98 Å². The van der Waals surface area contributed by atoms with Gasteiger partial charge in [-0.25, -0.2) is 0 Å². The average Bonchev–Trinajstić information content (AvgIpc) is 3.23. The number of nitrogens with one attached hydrogen (secondary N) is 1. The Hall–Kier alpha value is -1.98. The summed E-state index contributed by atoms with van der Waals surface area (Å²) in [5.41, 5.74) is 0.769. The quantitative estimate of drug-likeness (QED) is 0.783. The van der Waals surface area contributed by atoms with Crippen LogP contribution in [0, 0.1) is 5.92 Å². The van der Waals surface area contributed by atoms with E-state index in [0.717, 1.165) is 28.9 Å². The molecule has 0 atom stereocenters.